The van der Waals surface area contributed by atoms with Gasteiger partial charge in [0.15, 0.2) is 0 Å². The number of nitrogens with one attached hydrogen (secondary N) is 1. The minimum atomic E-state index is -4.47. The molecule has 4 nitrogen and oxygen atoms in total. The van der Waals surface area contributed by atoms with Crippen LogP contribution in [0.15, 0.2) is 29.2 Å². The number of nitrogens with zero attached hydrogens (tertiary/aromatic N) is 1. The molecule has 1 aliphatic heterocycles. The Labute approximate surface area is 134 Å². The quantitative estimate of drug-likeness (QED) is 0.888. The Morgan fingerprint density at radius 2 is 1.74 bits per heavy atom. The summed E-state index contributed by atoms with van der Waals surface area (Å²) in [6.45, 7) is 4.57. The van der Waals surface area contributed by atoms with Crippen molar-refractivity contribution in [2.45, 2.75) is 30.8 Å². The van der Waals surface area contributed by atoms with Crippen LogP contribution in [0.4, 0.5) is 13.2 Å². The van der Waals surface area contributed by atoms with Crippen LogP contribution in [0.2, 0.25) is 0 Å². The van der Waals surface area contributed by atoms with Crippen molar-refractivity contribution >= 4 is 10.0 Å². The van der Waals surface area contributed by atoms with Crippen molar-refractivity contribution in [1.82, 2.24) is 9.62 Å². The van der Waals surface area contributed by atoms with Crippen LogP contribution in [0, 0.1) is 5.92 Å². The molecule has 0 atom stereocenters. The number of sulfonamides is 1. The molecule has 2 rings (SSSR count). The van der Waals surface area contributed by atoms with Crippen LogP contribution in [0.25, 0.3) is 0 Å². The molecule has 0 bridgehead atoms. The second kappa shape index (κ2) is 7.19. The first-order valence-corrected chi connectivity index (χ1v) is 9.07. The van der Waals surface area contributed by atoms with Crippen LogP contribution in [0.3, 0.4) is 0 Å². The Hall–Kier alpha value is -1.12. The topological polar surface area (TPSA) is 49.4 Å². The fraction of sp³-hybridized carbons (Fsp3) is 0.600. The summed E-state index contributed by atoms with van der Waals surface area (Å²) >= 11 is 0. The lowest BCUT2D eigenvalue weighted by molar-refractivity contribution is -0.137. The van der Waals surface area contributed by atoms with Gasteiger partial charge in [-0.25, -0.2) is 8.42 Å². The van der Waals surface area contributed by atoms with E-state index >= 15 is 0 Å². The van der Waals surface area contributed by atoms with Gasteiger partial charge in [0.25, 0.3) is 0 Å². The standard InChI is InChI=1S/C15H21F3N2O2S/c1-2-19-11-12-7-9-20(10-8-12)23(21,22)14-5-3-13(4-6-14)15(16,17)18/h3-6,12,19H,2,7-11H2,1H3. The van der Waals surface area contributed by atoms with Gasteiger partial charge in [-0.2, -0.15) is 17.5 Å². The molecule has 0 radical (unpaired) electrons. The molecular formula is C15H21F3N2O2S. The number of hydrogen-bond acceptors (Lipinski definition) is 3. The zero-order valence-electron chi connectivity index (χ0n) is 12.9. The van der Waals surface area contributed by atoms with Crippen molar-refractivity contribution in [2.24, 2.45) is 5.92 Å². The Morgan fingerprint density at radius 3 is 2.22 bits per heavy atom. The summed E-state index contributed by atoms with van der Waals surface area (Å²) in [6, 6.07) is 3.68. The molecule has 1 N–H and O–H groups in total. The highest BCUT2D eigenvalue weighted by Crippen LogP contribution is 2.30. The van der Waals surface area contributed by atoms with Crippen molar-refractivity contribution in [1.29, 1.82) is 0 Å². The molecule has 0 unspecified atom stereocenters. The Kier molecular flexibility index (Phi) is 5.70. The third-order valence-electron chi connectivity index (χ3n) is 4.08. The van der Waals surface area contributed by atoms with Crippen molar-refractivity contribution in [3.8, 4) is 0 Å². The van der Waals surface area contributed by atoms with Gasteiger partial charge in [-0.1, -0.05) is 6.92 Å². The summed E-state index contributed by atoms with van der Waals surface area (Å²) in [5, 5.41) is 3.25. The fourth-order valence-corrected chi connectivity index (χ4v) is 4.14. The highest BCUT2D eigenvalue weighted by Gasteiger charge is 2.32. The molecule has 23 heavy (non-hydrogen) atoms. The van der Waals surface area contributed by atoms with Crippen LogP contribution in [-0.2, 0) is 16.2 Å². The predicted molar refractivity (Wildman–Crippen MR) is 81.5 cm³/mol. The Bertz CT molecular complexity index is 607. The first-order valence-electron chi connectivity index (χ1n) is 7.63. The average molecular weight is 350 g/mol. The summed E-state index contributed by atoms with van der Waals surface area (Å²) < 4.78 is 64.0. The summed E-state index contributed by atoms with van der Waals surface area (Å²) in [5.41, 5.74) is -0.846. The molecule has 130 valence electrons. The highest BCUT2D eigenvalue weighted by molar-refractivity contribution is 7.89. The third-order valence-corrected chi connectivity index (χ3v) is 5.99. The molecule has 1 aromatic rings. The molecule has 8 heteroatoms. The predicted octanol–water partition coefficient (Wildman–Crippen LogP) is 2.72. The fourth-order valence-electron chi connectivity index (χ4n) is 2.67. The molecule has 1 heterocycles. The number of rotatable bonds is 5. The van der Waals surface area contributed by atoms with Crippen molar-refractivity contribution < 1.29 is 21.6 Å². The summed E-state index contributed by atoms with van der Waals surface area (Å²) in [4.78, 5) is -0.0874. The van der Waals surface area contributed by atoms with Crippen LogP contribution >= 0.6 is 0 Å². The largest absolute Gasteiger partial charge is 0.416 e. The van der Waals surface area contributed by atoms with Gasteiger partial charge >= 0.3 is 6.18 Å². The molecule has 0 spiro atoms. The Balaban J connectivity index is 2.05. The first kappa shape index (κ1) is 18.2. The van der Waals surface area contributed by atoms with E-state index in [0.29, 0.717) is 19.0 Å². The molecule has 1 saturated heterocycles. The second-order valence-electron chi connectivity index (χ2n) is 5.68. The van der Waals surface area contributed by atoms with E-state index in [-0.39, 0.29) is 4.90 Å². The maximum absolute atomic E-state index is 12.5. The minimum absolute atomic E-state index is 0.0874. The average Bonchev–Trinajstić information content (AvgIpc) is 2.52. The highest BCUT2D eigenvalue weighted by atomic mass is 32.2. The van der Waals surface area contributed by atoms with E-state index < -0.39 is 21.8 Å². The zero-order valence-corrected chi connectivity index (χ0v) is 13.8. The van der Waals surface area contributed by atoms with Crippen LogP contribution in [0.5, 0.6) is 0 Å². The van der Waals surface area contributed by atoms with E-state index in [1.165, 1.54) is 4.31 Å². The molecule has 1 fully saturated rings. The van der Waals surface area contributed by atoms with Gasteiger partial charge in [-0.05, 0) is 56.1 Å². The van der Waals surface area contributed by atoms with Crippen molar-refractivity contribution in [2.75, 3.05) is 26.2 Å². The van der Waals surface area contributed by atoms with E-state index in [0.717, 1.165) is 50.2 Å². The molecule has 0 amide bonds. The van der Waals surface area contributed by atoms with Crippen LogP contribution < -0.4 is 5.32 Å². The number of piperidine rings is 1. The van der Waals surface area contributed by atoms with Gasteiger partial charge in [-0.3, -0.25) is 0 Å². The zero-order chi connectivity index (χ0) is 17.1. The number of hydrogen-bond donors (Lipinski definition) is 1. The third kappa shape index (κ3) is 4.45. The lowest BCUT2D eigenvalue weighted by Gasteiger charge is -2.31. The lowest BCUT2D eigenvalue weighted by atomic mass is 9.98. The van der Waals surface area contributed by atoms with E-state index in [9.17, 15) is 21.6 Å². The summed E-state index contributed by atoms with van der Waals surface area (Å²) in [5.74, 6) is 0.439. The van der Waals surface area contributed by atoms with E-state index in [1.54, 1.807) is 0 Å². The first-order chi connectivity index (χ1) is 10.7. The minimum Gasteiger partial charge on any atom is -0.317 e. The summed E-state index contributed by atoms with van der Waals surface area (Å²) in [6.07, 6.45) is -2.95. The van der Waals surface area contributed by atoms with E-state index in [4.69, 9.17) is 0 Å². The second-order valence-corrected chi connectivity index (χ2v) is 7.62. The smallest absolute Gasteiger partial charge is 0.317 e. The van der Waals surface area contributed by atoms with Gasteiger partial charge in [0.05, 0.1) is 10.5 Å². The van der Waals surface area contributed by atoms with E-state index in [1.807, 2.05) is 6.92 Å². The number of halogens is 3. The summed E-state index contributed by atoms with van der Waals surface area (Å²) in [7, 11) is -3.72. The number of benzene rings is 1. The normalized spacial score (nSPS) is 18.3. The SMILES string of the molecule is CCNCC1CCN(S(=O)(=O)c2ccc(C(F)(F)F)cc2)CC1. The number of alkyl halides is 3. The molecule has 1 aromatic carbocycles. The van der Waals surface area contributed by atoms with Gasteiger partial charge in [0.1, 0.15) is 0 Å². The maximum atomic E-state index is 12.5. The van der Waals surface area contributed by atoms with Gasteiger partial charge in [0, 0.05) is 13.1 Å². The Morgan fingerprint density at radius 1 is 1.17 bits per heavy atom. The van der Waals surface area contributed by atoms with Crippen LogP contribution in [0.1, 0.15) is 25.3 Å². The lowest BCUT2D eigenvalue weighted by Crippen LogP contribution is -2.40. The van der Waals surface area contributed by atoms with Gasteiger partial charge in [-0.15, -0.1) is 0 Å². The molecule has 0 saturated carbocycles. The monoisotopic (exact) mass is 350 g/mol. The molecule has 0 aliphatic carbocycles. The maximum Gasteiger partial charge on any atom is 0.416 e. The van der Waals surface area contributed by atoms with Crippen LogP contribution in [-0.4, -0.2) is 38.9 Å². The molecular weight excluding hydrogens is 329 g/mol. The van der Waals surface area contributed by atoms with Crippen molar-refractivity contribution in [3.63, 3.8) is 0 Å². The van der Waals surface area contributed by atoms with E-state index in [2.05, 4.69) is 5.32 Å². The van der Waals surface area contributed by atoms with Gasteiger partial charge < -0.3 is 5.32 Å². The van der Waals surface area contributed by atoms with Gasteiger partial charge in [0.2, 0.25) is 10.0 Å². The molecule has 1 aliphatic rings. The molecule has 0 aromatic heterocycles. The van der Waals surface area contributed by atoms with Crippen molar-refractivity contribution in [3.05, 3.63) is 29.8 Å².